The summed E-state index contributed by atoms with van der Waals surface area (Å²) in [7, 11) is 4.72. The van der Waals surface area contributed by atoms with E-state index in [9.17, 15) is 13.2 Å². The molecular formula is C4BF3KS. The molecule has 0 spiro atoms. The Hall–Kier alpha value is 1.19. The van der Waals surface area contributed by atoms with Gasteiger partial charge in [0.1, 0.15) is 10.9 Å². The second kappa shape index (κ2) is 4.28. The van der Waals surface area contributed by atoms with Gasteiger partial charge in [0.05, 0.1) is 0 Å². The normalized spacial score (nSPS) is 9.20. The third-order valence-corrected chi connectivity index (χ3v) is 1.56. The van der Waals surface area contributed by atoms with E-state index in [2.05, 4.69) is 0 Å². The van der Waals surface area contributed by atoms with Crippen LogP contribution in [0.5, 0.6) is 0 Å². The van der Waals surface area contributed by atoms with Crippen molar-refractivity contribution >= 4 is 24.6 Å². The van der Waals surface area contributed by atoms with Crippen LogP contribution in [0.1, 0.15) is 0 Å². The van der Waals surface area contributed by atoms with Gasteiger partial charge < -0.3 is 7.85 Å². The molecular weight excluding hydrogens is 187 g/mol. The van der Waals surface area contributed by atoms with Gasteiger partial charge >= 0.3 is 51.4 Å². The maximum absolute atomic E-state index is 12.0. The summed E-state index contributed by atoms with van der Waals surface area (Å²) in [4.78, 5) is 0. The summed E-state index contributed by atoms with van der Waals surface area (Å²) in [5, 5.41) is -2.21. The maximum atomic E-state index is 12.0. The van der Waals surface area contributed by atoms with Gasteiger partial charge in [-0.25, -0.2) is 9.85 Å². The van der Waals surface area contributed by atoms with Gasteiger partial charge in [-0.05, 0) is 0 Å². The molecule has 0 bridgehead atoms. The standard InChI is InChI=1S/C4BF3S.K/c5-1-2(6)4(8)9-3(1)7;/q-1;+1. The summed E-state index contributed by atoms with van der Waals surface area (Å²) in [6.07, 6.45) is 0. The fraction of sp³-hybridized carbons (Fsp3) is 0. The van der Waals surface area contributed by atoms with Crippen LogP contribution < -0.4 is 56.8 Å². The van der Waals surface area contributed by atoms with Crippen LogP contribution in [0.25, 0.3) is 0 Å². The smallest absolute Gasteiger partial charge is 0.571 e. The molecule has 3 radical (unpaired) electrons. The van der Waals surface area contributed by atoms with E-state index in [1.807, 2.05) is 0 Å². The molecule has 0 N–H and O–H groups in total. The Morgan fingerprint density at radius 3 is 1.70 bits per heavy atom. The van der Waals surface area contributed by atoms with Gasteiger partial charge in [0.15, 0.2) is 0 Å². The van der Waals surface area contributed by atoms with E-state index in [-0.39, 0.29) is 62.7 Å². The first kappa shape index (κ1) is 11.2. The van der Waals surface area contributed by atoms with Gasteiger partial charge in [0, 0.05) is 0 Å². The Morgan fingerprint density at radius 2 is 1.60 bits per heavy atom. The molecule has 0 aliphatic rings. The summed E-state index contributed by atoms with van der Waals surface area (Å²) in [6, 6.07) is 0. The van der Waals surface area contributed by atoms with Crippen molar-refractivity contribution in [2.24, 2.45) is 0 Å². The molecule has 1 heterocycles. The van der Waals surface area contributed by atoms with Crippen LogP contribution >= 0.6 is 11.3 Å². The van der Waals surface area contributed by atoms with Crippen molar-refractivity contribution in [3.05, 3.63) is 16.1 Å². The number of hydrogen-bond acceptors (Lipinski definition) is 1. The van der Waals surface area contributed by atoms with Crippen LogP contribution in [0.4, 0.5) is 13.2 Å². The summed E-state index contributed by atoms with van der Waals surface area (Å²) in [5.41, 5.74) is -0.738. The molecule has 0 fully saturated rings. The number of thiophene rings is 1. The fourth-order valence-corrected chi connectivity index (χ4v) is 0.927. The van der Waals surface area contributed by atoms with E-state index in [0.29, 0.717) is 0 Å². The van der Waals surface area contributed by atoms with Crippen LogP contribution in [0, 0.1) is 16.1 Å². The molecule has 0 saturated heterocycles. The first-order valence-electron chi connectivity index (χ1n) is 2.01. The van der Waals surface area contributed by atoms with Crippen LogP contribution in [0.2, 0.25) is 0 Å². The van der Waals surface area contributed by atoms with Crippen LogP contribution in [0.15, 0.2) is 0 Å². The Bertz CT molecular complexity index is 214. The Kier molecular flexibility index (Phi) is 4.78. The first-order valence-corrected chi connectivity index (χ1v) is 2.83. The molecule has 0 atom stereocenters. The topological polar surface area (TPSA) is 0 Å². The first-order chi connectivity index (χ1) is 4.13. The van der Waals surface area contributed by atoms with Gasteiger partial charge in [-0.3, -0.25) is 0 Å². The minimum atomic E-state index is -1.29. The van der Waals surface area contributed by atoms with E-state index in [4.69, 9.17) is 7.85 Å². The van der Waals surface area contributed by atoms with Gasteiger partial charge in [-0.15, -0.1) is 0 Å². The van der Waals surface area contributed by atoms with Crippen molar-refractivity contribution in [2.75, 3.05) is 0 Å². The van der Waals surface area contributed by atoms with Crippen molar-refractivity contribution < 1.29 is 64.6 Å². The number of hydrogen-bond donors (Lipinski definition) is 0. The maximum Gasteiger partial charge on any atom is 1.00 e. The Balaban J connectivity index is 0.000000810. The average Bonchev–Trinajstić information content (AvgIpc) is 1.98. The van der Waals surface area contributed by atoms with E-state index >= 15 is 0 Å². The van der Waals surface area contributed by atoms with Gasteiger partial charge in [0.25, 0.3) is 0 Å². The fourth-order valence-electron chi connectivity index (χ4n) is 0.371. The largest absolute Gasteiger partial charge is 1.00 e. The van der Waals surface area contributed by atoms with E-state index in [1.54, 1.807) is 0 Å². The van der Waals surface area contributed by atoms with Crippen LogP contribution in [0.3, 0.4) is 0 Å². The van der Waals surface area contributed by atoms with Gasteiger partial charge in [-0.1, -0.05) is 11.3 Å². The van der Waals surface area contributed by atoms with Crippen molar-refractivity contribution in [2.45, 2.75) is 0 Å². The van der Waals surface area contributed by atoms with Gasteiger partial charge in [0.2, 0.25) is 5.13 Å². The molecule has 47 valence electrons. The van der Waals surface area contributed by atoms with Crippen molar-refractivity contribution in [3.63, 3.8) is 0 Å². The van der Waals surface area contributed by atoms with Crippen molar-refractivity contribution in [1.82, 2.24) is 0 Å². The van der Waals surface area contributed by atoms with E-state index in [0.717, 1.165) is 0 Å². The molecule has 0 nitrogen and oxygen atoms in total. The minimum absolute atomic E-state index is 0. The molecule has 0 aliphatic heterocycles. The van der Waals surface area contributed by atoms with E-state index in [1.165, 1.54) is 0 Å². The minimum Gasteiger partial charge on any atom is -0.571 e. The third-order valence-electron chi connectivity index (χ3n) is 0.800. The molecule has 0 amide bonds. The molecule has 6 heteroatoms. The molecule has 0 unspecified atom stereocenters. The molecule has 1 rings (SSSR count). The Morgan fingerprint density at radius 1 is 1.10 bits per heavy atom. The predicted molar refractivity (Wildman–Crippen MR) is 29.6 cm³/mol. The SMILES string of the molecule is [B-]c1c(F)sc(F)c1F.[K+]. The molecule has 0 saturated carbocycles. The summed E-state index contributed by atoms with van der Waals surface area (Å²) < 4.78 is 36.0. The molecule has 10 heavy (non-hydrogen) atoms. The molecule has 1 aromatic heterocycles. The second-order valence-corrected chi connectivity index (χ2v) is 2.30. The van der Waals surface area contributed by atoms with Gasteiger partial charge in [-0.2, -0.15) is 8.78 Å². The number of rotatable bonds is 0. The van der Waals surface area contributed by atoms with Crippen LogP contribution in [-0.2, 0) is 0 Å². The van der Waals surface area contributed by atoms with Crippen molar-refractivity contribution in [3.8, 4) is 0 Å². The zero-order chi connectivity index (χ0) is 7.02. The summed E-state index contributed by atoms with van der Waals surface area (Å²) in [6.45, 7) is 0. The second-order valence-electron chi connectivity index (χ2n) is 1.38. The third kappa shape index (κ3) is 2.09. The molecule has 0 aromatic carbocycles. The molecule has 1 aromatic rings. The van der Waals surface area contributed by atoms with E-state index < -0.39 is 21.5 Å². The van der Waals surface area contributed by atoms with Crippen molar-refractivity contribution in [1.29, 1.82) is 0 Å². The monoisotopic (exact) mass is 187 g/mol. The average molecular weight is 187 g/mol. The summed E-state index contributed by atoms with van der Waals surface area (Å²) in [5.74, 6) is -1.29. The number of halogens is 3. The summed E-state index contributed by atoms with van der Waals surface area (Å²) >= 11 is 0.0625. The molecule has 0 aliphatic carbocycles. The predicted octanol–water partition coefficient (Wildman–Crippen LogP) is -2.04. The zero-order valence-corrected chi connectivity index (χ0v) is 9.06. The zero-order valence-electron chi connectivity index (χ0n) is 5.12. The van der Waals surface area contributed by atoms with Crippen LogP contribution in [-0.4, -0.2) is 7.85 Å². The Labute approximate surface area is 104 Å². The quantitative estimate of drug-likeness (QED) is 0.410.